The zero-order chi connectivity index (χ0) is 15.7. The van der Waals surface area contributed by atoms with Crippen LogP contribution in [0.15, 0.2) is 24.3 Å². The molecular weight excluding hydrogens is 284 g/mol. The molecule has 3 nitrogen and oxygen atoms in total. The molecule has 1 aromatic rings. The maximum absolute atomic E-state index is 8.38. The summed E-state index contributed by atoms with van der Waals surface area (Å²) < 4.78 is 11.7. The smallest absolute Gasteiger partial charge is 0.403 e. The van der Waals surface area contributed by atoms with Crippen molar-refractivity contribution in [3.05, 3.63) is 34.9 Å². The highest BCUT2D eigenvalue weighted by molar-refractivity contribution is 6.48. The van der Waals surface area contributed by atoms with Gasteiger partial charge in [0.25, 0.3) is 0 Å². The lowest BCUT2D eigenvalue weighted by Gasteiger charge is -2.32. The van der Waals surface area contributed by atoms with Crippen LogP contribution in [0.3, 0.4) is 0 Å². The molecule has 0 radical (unpaired) electrons. The lowest BCUT2D eigenvalue weighted by Crippen LogP contribution is -2.41. The minimum atomic E-state index is -0.139. The highest BCUT2D eigenvalue weighted by atomic mass is 35.5. The van der Waals surface area contributed by atoms with Gasteiger partial charge in [-0.25, -0.2) is 0 Å². The monoisotopic (exact) mass is 305 g/mol. The highest BCUT2D eigenvalue weighted by Crippen LogP contribution is 2.48. The first-order valence-electron chi connectivity index (χ1n) is 7.27. The van der Waals surface area contributed by atoms with Gasteiger partial charge in [-0.15, -0.1) is 0 Å². The second kappa shape index (κ2) is 6.00. The van der Waals surface area contributed by atoms with Crippen molar-refractivity contribution < 1.29 is 9.31 Å². The van der Waals surface area contributed by atoms with Gasteiger partial charge in [0, 0.05) is 0 Å². The van der Waals surface area contributed by atoms with Gasteiger partial charge >= 0.3 is 7.12 Å². The van der Waals surface area contributed by atoms with Crippen molar-refractivity contribution in [1.29, 1.82) is 5.26 Å². The van der Waals surface area contributed by atoms with Crippen molar-refractivity contribution in [2.75, 3.05) is 0 Å². The van der Waals surface area contributed by atoms with Gasteiger partial charge in [-0.2, -0.15) is 5.26 Å². The molecule has 112 valence electrons. The fourth-order valence-electron chi connectivity index (χ4n) is 2.00. The zero-order valence-electron chi connectivity index (χ0n) is 13.0. The molecule has 1 heterocycles. The van der Waals surface area contributed by atoms with Gasteiger partial charge in [0.2, 0.25) is 0 Å². The van der Waals surface area contributed by atoms with E-state index in [9.17, 15) is 0 Å². The summed E-state index contributed by atoms with van der Waals surface area (Å²) in [4.78, 5) is 0. The van der Waals surface area contributed by atoms with E-state index in [1.807, 2.05) is 6.07 Å². The lowest BCUT2D eigenvalue weighted by molar-refractivity contribution is 0.00578. The second-order valence-corrected chi connectivity index (χ2v) is 6.96. The van der Waals surface area contributed by atoms with Crippen molar-refractivity contribution >= 4 is 18.7 Å². The van der Waals surface area contributed by atoms with Crippen molar-refractivity contribution in [3.63, 3.8) is 0 Å². The largest absolute Gasteiger partial charge is 0.461 e. The maximum atomic E-state index is 8.38. The normalized spacial score (nSPS) is 22.2. The summed E-state index contributed by atoms with van der Waals surface area (Å²) in [7, 11) is 0.0648. The molecule has 5 heteroatoms. The Bertz CT molecular complexity index is 533. The van der Waals surface area contributed by atoms with E-state index in [1.165, 1.54) is 12.8 Å². The molecule has 21 heavy (non-hydrogen) atoms. The van der Waals surface area contributed by atoms with Gasteiger partial charge in [-0.05, 0) is 45.6 Å². The van der Waals surface area contributed by atoms with Crippen molar-refractivity contribution in [1.82, 2.24) is 0 Å². The molecular formula is C16H21BClNO2. The first-order valence-corrected chi connectivity index (χ1v) is 7.65. The van der Waals surface area contributed by atoms with Crippen LogP contribution in [0.4, 0.5) is 0 Å². The predicted molar refractivity (Wildman–Crippen MR) is 85.2 cm³/mol. The third-order valence-electron chi connectivity index (χ3n) is 4.27. The Balaban J connectivity index is 0.000000161. The summed E-state index contributed by atoms with van der Waals surface area (Å²) in [6, 6.07) is 8.92. The molecule has 3 rings (SSSR count). The first-order chi connectivity index (χ1) is 9.77. The molecule has 1 aliphatic carbocycles. The number of hydrogen-bond donors (Lipinski definition) is 0. The summed E-state index contributed by atoms with van der Waals surface area (Å²) in [5.41, 5.74) is 0.250. The van der Waals surface area contributed by atoms with Crippen LogP contribution in [0, 0.1) is 11.3 Å². The molecule has 2 aliphatic rings. The highest BCUT2D eigenvalue weighted by Gasteiger charge is 2.55. The van der Waals surface area contributed by atoms with E-state index >= 15 is 0 Å². The van der Waals surface area contributed by atoms with Crippen LogP contribution in [0.1, 0.15) is 46.1 Å². The minimum Gasteiger partial charge on any atom is -0.403 e. The fraction of sp³-hybridized carbons (Fsp3) is 0.562. The Morgan fingerprint density at radius 3 is 2.05 bits per heavy atom. The van der Waals surface area contributed by atoms with Gasteiger partial charge in [0.05, 0.1) is 21.8 Å². The maximum Gasteiger partial charge on any atom is 0.461 e. The number of nitrogens with zero attached hydrogens (tertiary/aromatic N) is 1. The van der Waals surface area contributed by atoms with E-state index in [2.05, 4.69) is 27.7 Å². The minimum absolute atomic E-state index is 0.0648. The Hall–Kier alpha value is -1.02. The number of halogens is 1. The molecule has 0 aromatic heterocycles. The summed E-state index contributed by atoms with van der Waals surface area (Å²) >= 11 is 5.60. The van der Waals surface area contributed by atoms with E-state index < -0.39 is 0 Å². The quantitative estimate of drug-likeness (QED) is 0.720. The fourth-order valence-corrected chi connectivity index (χ4v) is 2.18. The predicted octanol–water partition coefficient (Wildman–Crippen LogP) is 4.45. The van der Waals surface area contributed by atoms with E-state index in [0.717, 1.165) is 0 Å². The molecule has 1 saturated heterocycles. The molecule has 1 aromatic carbocycles. The molecule has 0 unspecified atom stereocenters. The van der Waals surface area contributed by atoms with Crippen LogP contribution in [-0.2, 0) is 9.31 Å². The Labute approximate surface area is 132 Å². The molecule has 0 N–H and O–H groups in total. The van der Waals surface area contributed by atoms with Gasteiger partial charge in [0.15, 0.2) is 0 Å². The van der Waals surface area contributed by atoms with E-state index in [4.69, 9.17) is 26.2 Å². The summed E-state index contributed by atoms with van der Waals surface area (Å²) in [5.74, 6) is 0.672. The number of nitriles is 1. The van der Waals surface area contributed by atoms with Gasteiger partial charge in [-0.3, -0.25) is 0 Å². The summed E-state index contributed by atoms with van der Waals surface area (Å²) in [6.07, 6.45) is 2.55. The molecule has 1 aliphatic heterocycles. The zero-order valence-corrected chi connectivity index (χ0v) is 13.8. The van der Waals surface area contributed by atoms with Crippen LogP contribution in [-0.4, -0.2) is 18.3 Å². The van der Waals surface area contributed by atoms with Crippen molar-refractivity contribution in [3.8, 4) is 6.07 Å². The van der Waals surface area contributed by atoms with Crippen molar-refractivity contribution in [2.45, 2.75) is 57.6 Å². The average molecular weight is 306 g/mol. The van der Waals surface area contributed by atoms with Crippen LogP contribution in [0.25, 0.3) is 0 Å². The van der Waals surface area contributed by atoms with E-state index in [0.29, 0.717) is 16.4 Å². The molecule has 0 atom stereocenters. The molecule has 0 spiro atoms. The SMILES string of the molecule is CC1(C)OB(C2CC2)OC1(C)C.N#Cc1ccccc1Cl. The third-order valence-corrected chi connectivity index (χ3v) is 4.60. The number of benzene rings is 1. The lowest BCUT2D eigenvalue weighted by atomic mass is 9.82. The Morgan fingerprint density at radius 2 is 1.67 bits per heavy atom. The Kier molecular flexibility index (Phi) is 4.68. The summed E-state index contributed by atoms with van der Waals surface area (Å²) in [6.45, 7) is 8.43. The molecule has 0 amide bonds. The van der Waals surface area contributed by atoms with Crippen LogP contribution >= 0.6 is 11.6 Å². The van der Waals surface area contributed by atoms with Gasteiger partial charge < -0.3 is 9.31 Å². The molecule has 1 saturated carbocycles. The van der Waals surface area contributed by atoms with E-state index in [1.54, 1.807) is 24.3 Å². The van der Waals surface area contributed by atoms with Crippen LogP contribution < -0.4 is 0 Å². The average Bonchev–Trinajstić information content (AvgIpc) is 3.19. The van der Waals surface area contributed by atoms with Gasteiger partial charge in [-0.1, -0.05) is 36.6 Å². The Morgan fingerprint density at radius 1 is 1.14 bits per heavy atom. The van der Waals surface area contributed by atoms with Crippen LogP contribution in [0.2, 0.25) is 10.8 Å². The topological polar surface area (TPSA) is 42.2 Å². The first kappa shape index (κ1) is 16.4. The third kappa shape index (κ3) is 3.80. The number of hydrogen-bond acceptors (Lipinski definition) is 3. The van der Waals surface area contributed by atoms with Crippen molar-refractivity contribution in [2.24, 2.45) is 0 Å². The van der Waals surface area contributed by atoms with E-state index in [-0.39, 0.29) is 18.3 Å². The number of rotatable bonds is 1. The molecule has 0 bridgehead atoms. The molecule has 2 fully saturated rings. The second-order valence-electron chi connectivity index (χ2n) is 6.55. The van der Waals surface area contributed by atoms with Gasteiger partial charge in [0.1, 0.15) is 6.07 Å². The van der Waals surface area contributed by atoms with Crippen LogP contribution in [0.5, 0.6) is 0 Å². The summed E-state index contributed by atoms with van der Waals surface area (Å²) in [5, 5.41) is 8.90. The standard InChI is InChI=1S/C9H17BO2.C7H4ClN/c1-8(2)9(3,4)12-10(11-8)7-5-6-7;8-7-4-2-1-3-6(7)5-9/h7H,5-6H2,1-4H3;1-4H.